The molecule has 1 atom stereocenters. The van der Waals surface area contributed by atoms with Gasteiger partial charge in [-0.25, -0.2) is 22.2 Å². The maximum absolute atomic E-state index is 14.0. The van der Waals surface area contributed by atoms with Crippen LogP contribution in [-0.2, 0) is 9.73 Å². The molecule has 0 amide bonds. The lowest BCUT2D eigenvalue weighted by Gasteiger charge is -2.14. The summed E-state index contributed by atoms with van der Waals surface area (Å²) in [7, 11) is -3.77. The summed E-state index contributed by atoms with van der Waals surface area (Å²) in [6, 6.07) is 1.20. The zero-order chi connectivity index (χ0) is 16.2. The van der Waals surface area contributed by atoms with Crippen LogP contribution in [0.5, 0.6) is 0 Å². The van der Waals surface area contributed by atoms with Gasteiger partial charge in [0, 0.05) is 11.3 Å². The van der Waals surface area contributed by atoms with Crippen LogP contribution in [0.2, 0.25) is 0 Å². The highest BCUT2D eigenvalue weighted by Gasteiger charge is 2.29. The van der Waals surface area contributed by atoms with E-state index in [2.05, 4.69) is 6.58 Å². The molecule has 1 unspecified atom stereocenters. The fraction of sp³-hybridized carbons (Fsp3) is 0.308. The van der Waals surface area contributed by atoms with Crippen molar-refractivity contribution in [3.8, 4) is 6.07 Å². The lowest BCUT2D eigenvalue weighted by molar-refractivity contribution is 0.469. The minimum atomic E-state index is -3.77. The first-order valence-electron chi connectivity index (χ1n) is 6.01. The number of benzene rings is 1. The van der Waals surface area contributed by atoms with Crippen LogP contribution in [0, 0.1) is 33.6 Å². The summed E-state index contributed by atoms with van der Waals surface area (Å²) in [5.74, 6) is -5.03. The second kappa shape index (κ2) is 6.74. The predicted molar refractivity (Wildman–Crippen MR) is 73.4 cm³/mol. The van der Waals surface area contributed by atoms with E-state index < -0.39 is 43.2 Å². The molecular weight excluding hydrogens is 303 g/mol. The molecule has 8 heteroatoms. The molecule has 0 saturated carbocycles. The molecule has 0 spiro atoms. The van der Waals surface area contributed by atoms with Gasteiger partial charge in [-0.05, 0) is 19.4 Å². The van der Waals surface area contributed by atoms with Crippen LogP contribution in [0.4, 0.5) is 13.2 Å². The maximum atomic E-state index is 14.0. The van der Waals surface area contributed by atoms with E-state index in [9.17, 15) is 17.4 Å². The first-order chi connectivity index (χ1) is 9.81. The highest BCUT2D eigenvalue weighted by Crippen LogP contribution is 2.30. The number of nitriles is 1. The first kappa shape index (κ1) is 17.2. The molecule has 1 rings (SSSR count). The molecule has 0 bridgehead atoms. The fourth-order valence-corrected chi connectivity index (χ4v) is 3.53. The fourth-order valence-electron chi connectivity index (χ4n) is 1.81. The van der Waals surface area contributed by atoms with Crippen molar-refractivity contribution in [3.05, 3.63) is 35.2 Å². The van der Waals surface area contributed by atoms with Crippen molar-refractivity contribution >= 4 is 15.8 Å². The Balaban J connectivity index is 3.57. The number of nitrogens with zero attached hydrogens (tertiary/aromatic N) is 1. The lowest BCUT2D eigenvalue weighted by Crippen LogP contribution is -2.14. The van der Waals surface area contributed by atoms with Gasteiger partial charge in [0.05, 0.1) is 14.6 Å². The van der Waals surface area contributed by atoms with E-state index in [0.717, 1.165) is 6.08 Å². The third-order valence-corrected chi connectivity index (χ3v) is 4.77. The molecule has 114 valence electrons. The van der Waals surface area contributed by atoms with Crippen molar-refractivity contribution in [1.29, 1.82) is 10.0 Å². The standard InChI is InChI=1S/C13H14F3N3OS/c1-2-8-10(14)9(7-18)11(15)12(16)13(8)21(19,20)6-4-3-5-17/h2,19H,1,3-6,17H2. The van der Waals surface area contributed by atoms with Gasteiger partial charge in [0.15, 0.2) is 17.5 Å². The molecule has 1 aromatic rings. The lowest BCUT2D eigenvalue weighted by atomic mass is 10.1. The van der Waals surface area contributed by atoms with Crippen molar-refractivity contribution in [2.75, 3.05) is 12.3 Å². The second-order valence-corrected chi connectivity index (χ2v) is 6.42. The largest absolute Gasteiger partial charge is 0.330 e. The van der Waals surface area contributed by atoms with Crippen molar-refractivity contribution in [2.24, 2.45) is 5.73 Å². The van der Waals surface area contributed by atoms with Gasteiger partial charge < -0.3 is 5.73 Å². The second-order valence-electron chi connectivity index (χ2n) is 4.25. The molecule has 0 heterocycles. The van der Waals surface area contributed by atoms with E-state index >= 15 is 0 Å². The SMILES string of the molecule is C=Cc1c(F)c(C#N)c(F)c(F)c1S(=N)(=O)CCCCN. The summed E-state index contributed by atoms with van der Waals surface area (Å²) in [5.41, 5.74) is 3.53. The smallest absolute Gasteiger partial charge is 0.180 e. The molecule has 0 radical (unpaired) electrons. The van der Waals surface area contributed by atoms with Crippen molar-refractivity contribution in [2.45, 2.75) is 17.7 Å². The Labute approximate surface area is 121 Å². The Morgan fingerprint density at radius 3 is 2.38 bits per heavy atom. The number of nitrogens with one attached hydrogen (secondary N) is 1. The molecule has 0 aliphatic heterocycles. The summed E-state index contributed by atoms with van der Waals surface area (Å²) < 4.78 is 61.7. The van der Waals surface area contributed by atoms with Crippen molar-refractivity contribution in [1.82, 2.24) is 0 Å². The molecule has 3 N–H and O–H groups in total. The molecule has 0 aliphatic carbocycles. The zero-order valence-corrected chi connectivity index (χ0v) is 11.9. The topological polar surface area (TPSA) is 90.7 Å². The molecule has 0 aliphatic rings. The van der Waals surface area contributed by atoms with Gasteiger partial charge in [-0.3, -0.25) is 0 Å². The molecule has 1 aromatic carbocycles. The quantitative estimate of drug-likeness (QED) is 0.624. The van der Waals surface area contributed by atoms with Gasteiger partial charge >= 0.3 is 0 Å². The van der Waals surface area contributed by atoms with E-state index in [0.29, 0.717) is 13.0 Å². The predicted octanol–water partition coefficient (Wildman–Crippen LogP) is 2.76. The van der Waals surface area contributed by atoms with Gasteiger partial charge in [-0.15, -0.1) is 0 Å². The van der Waals surface area contributed by atoms with Crippen LogP contribution in [0.1, 0.15) is 24.0 Å². The summed E-state index contributed by atoms with van der Waals surface area (Å²) in [6.45, 7) is 3.54. The average Bonchev–Trinajstić information content (AvgIpc) is 2.43. The van der Waals surface area contributed by atoms with Crippen LogP contribution < -0.4 is 5.73 Å². The van der Waals surface area contributed by atoms with Crippen LogP contribution in [0.25, 0.3) is 6.08 Å². The van der Waals surface area contributed by atoms with Crippen molar-refractivity contribution in [3.63, 3.8) is 0 Å². The van der Waals surface area contributed by atoms with Gasteiger partial charge in [-0.1, -0.05) is 12.7 Å². The van der Waals surface area contributed by atoms with Crippen LogP contribution >= 0.6 is 0 Å². The summed E-state index contributed by atoms with van der Waals surface area (Å²) in [6.07, 6.45) is 1.52. The number of rotatable bonds is 6. The van der Waals surface area contributed by atoms with E-state index in [1.54, 1.807) is 0 Å². The van der Waals surface area contributed by atoms with E-state index in [1.165, 1.54) is 6.07 Å². The Hall–Kier alpha value is -1.85. The maximum Gasteiger partial charge on any atom is 0.180 e. The van der Waals surface area contributed by atoms with Crippen LogP contribution in [-0.4, -0.2) is 16.5 Å². The summed E-state index contributed by atoms with van der Waals surface area (Å²) >= 11 is 0. The molecular formula is C13H14F3N3OS. The van der Waals surface area contributed by atoms with E-state index in [4.69, 9.17) is 15.8 Å². The Bertz CT molecular complexity index is 709. The van der Waals surface area contributed by atoms with E-state index in [1.807, 2.05) is 0 Å². The van der Waals surface area contributed by atoms with Crippen LogP contribution in [0.3, 0.4) is 0 Å². The third-order valence-electron chi connectivity index (χ3n) is 2.84. The summed E-state index contributed by atoms with van der Waals surface area (Å²) in [5, 5.41) is 8.65. The Morgan fingerprint density at radius 2 is 1.90 bits per heavy atom. The zero-order valence-electron chi connectivity index (χ0n) is 11.1. The molecule has 21 heavy (non-hydrogen) atoms. The van der Waals surface area contributed by atoms with Crippen LogP contribution in [0.15, 0.2) is 11.5 Å². The first-order valence-corrected chi connectivity index (χ1v) is 7.74. The normalized spacial score (nSPS) is 13.5. The minimum Gasteiger partial charge on any atom is -0.330 e. The molecule has 0 fully saturated rings. The van der Waals surface area contributed by atoms with Gasteiger partial charge in [0.25, 0.3) is 0 Å². The molecule has 4 nitrogen and oxygen atoms in total. The van der Waals surface area contributed by atoms with Gasteiger partial charge in [-0.2, -0.15) is 5.26 Å². The summed E-state index contributed by atoms with van der Waals surface area (Å²) in [4.78, 5) is -0.886. The highest BCUT2D eigenvalue weighted by atomic mass is 32.2. The highest BCUT2D eigenvalue weighted by molar-refractivity contribution is 7.92. The van der Waals surface area contributed by atoms with E-state index in [-0.39, 0.29) is 12.2 Å². The number of nitrogens with two attached hydrogens (primary N) is 1. The number of halogens is 3. The minimum absolute atomic E-state index is 0.248. The Morgan fingerprint density at radius 1 is 1.29 bits per heavy atom. The number of unbranched alkanes of at least 4 members (excludes halogenated alkanes) is 1. The van der Waals surface area contributed by atoms with Crippen molar-refractivity contribution < 1.29 is 17.4 Å². The van der Waals surface area contributed by atoms with Gasteiger partial charge in [0.2, 0.25) is 0 Å². The number of hydrogen-bond acceptors (Lipinski definition) is 4. The average molecular weight is 317 g/mol. The third kappa shape index (κ3) is 3.25. The molecule has 0 aromatic heterocycles. The molecule has 0 saturated heterocycles. The van der Waals surface area contributed by atoms with Gasteiger partial charge in [0.1, 0.15) is 11.6 Å². The Kier molecular flexibility index (Phi) is 5.52. The monoisotopic (exact) mass is 317 g/mol. The number of hydrogen-bond donors (Lipinski definition) is 2.